The Hall–Kier alpha value is -3.44. The summed E-state index contributed by atoms with van der Waals surface area (Å²) in [6.45, 7) is 1.56. The van der Waals surface area contributed by atoms with Crippen LogP contribution in [0.3, 0.4) is 0 Å². The van der Waals surface area contributed by atoms with Crippen molar-refractivity contribution in [3.8, 4) is 16.9 Å². The maximum absolute atomic E-state index is 13.1. The molecule has 11 heteroatoms. The summed E-state index contributed by atoms with van der Waals surface area (Å²) in [5, 5.41) is 6.27. The number of aromatic nitrogens is 1. The molecule has 1 aromatic heterocycles. The van der Waals surface area contributed by atoms with Crippen molar-refractivity contribution in [2.75, 3.05) is 25.4 Å². The maximum Gasteiger partial charge on any atom is 0.244 e. The minimum absolute atomic E-state index is 0.193. The Morgan fingerprint density at radius 1 is 1.21 bits per heavy atom. The number of carbonyl (C=O) groups excluding carboxylic acids is 1. The summed E-state index contributed by atoms with van der Waals surface area (Å²) in [4.78, 5) is 16.5. The lowest BCUT2D eigenvalue weighted by atomic mass is 10.0. The third kappa shape index (κ3) is 5.83. The van der Waals surface area contributed by atoms with Crippen molar-refractivity contribution in [2.45, 2.75) is 29.4 Å². The van der Waals surface area contributed by atoms with E-state index in [1.54, 1.807) is 48.7 Å². The summed E-state index contributed by atoms with van der Waals surface area (Å²) >= 11 is 6.54. The molecule has 1 amide bonds. The van der Waals surface area contributed by atoms with Crippen LogP contribution in [-0.4, -0.2) is 50.5 Å². The van der Waals surface area contributed by atoms with Crippen molar-refractivity contribution in [1.82, 2.24) is 15.6 Å². The molecule has 3 aromatic rings. The van der Waals surface area contributed by atoms with Crippen LogP contribution in [0.1, 0.15) is 11.1 Å². The smallest absolute Gasteiger partial charge is 0.244 e. The first-order chi connectivity index (χ1) is 18.3. The Morgan fingerprint density at radius 3 is 2.84 bits per heavy atom. The summed E-state index contributed by atoms with van der Waals surface area (Å²) < 4.78 is 37.6. The number of hydrogen-bond donors (Lipinski definition) is 3. The van der Waals surface area contributed by atoms with E-state index in [4.69, 9.17) is 26.8 Å². The molecule has 5 rings (SSSR count). The van der Waals surface area contributed by atoms with Gasteiger partial charge in [0.05, 0.1) is 16.5 Å². The summed E-state index contributed by atoms with van der Waals surface area (Å²) in [5.41, 5.74) is 7.87. The number of halogens is 1. The van der Waals surface area contributed by atoms with Gasteiger partial charge < -0.3 is 25.8 Å². The third-order valence-electron chi connectivity index (χ3n) is 6.32. The second kappa shape index (κ2) is 11.1. The van der Waals surface area contributed by atoms with Gasteiger partial charge in [0, 0.05) is 43.9 Å². The highest BCUT2D eigenvalue weighted by Crippen LogP contribution is 2.40. The minimum atomic E-state index is -3.66. The SMILES string of the molecule is Nc1ccc(CNC(=O)/C=C/C2Cc3cc(-c4cccc(S(=O)(=O)C5CNCCO5)c4)cc(Cl)c3O2)cn1. The van der Waals surface area contributed by atoms with Crippen LogP contribution in [0.4, 0.5) is 5.82 Å². The first kappa shape index (κ1) is 26.2. The summed E-state index contributed by atoms with van der Waals surface area (Å²) in [6, 6.07) is 13.9. The summed E-state index contributed by atoms with van der Waals surface area (Å²) in [7, 11) is -3.66. The number of nitrogens with two attached hydrogens (primary N) is 1. The van der Waals surface area contributed by atoms with Crippen LogP contribution in [0, 0.1) is 0 Å². The second-order valence-corrected chi connectivity index (χ2v) is 11.5. The number of benzene rings is 2. The molecule has 0 spiro atoms. The number of fused-ring (bicyclic) bond motifs is 1. The molecule has 9 nitrogen and oxygen atoms in total. The topological polar surface area (TPSA) is 133 Å². The van der Waals surface area contributed by atoms with Gasteiger partial charge in [-0.25, -0.2) is 13.4 Å². The van der Waals surface area contributed by atoms with Crippen LogP contribution < -0.4 is 21.1 Å². The van der Waals surface area contributed by atoms with Crippen LogP contribution in [-0.2, 0) is 32.3 Å². The number of hydrogen-bond acceptors (Lipinski definition) is 8. The average molecular weight is 555 g/mol. The number of ether oxygens (including phenoxy) is 2. The van der Waals surface area contributed by atoms with Crippen LogP contribution in [0.25, 0.3) is 11.1 Å². The molecule has 0 saturated carbocycles. The maximum atomic E-state index is 13.1. The van der Waals surface area contributed by atoms with Crippen LogP contribution in [0.15, 0.2) is 71.8 Å². The summed E-state index contributed by atoms with van der Waals surface area (Å²) in [6.07, 6.45) is 4.91. The number of nitrogens with zero attached hydrogens (tertiary/aromatic N) is 1. The zero-order valence-electron chi connectivity index (χ0n) is 20.4. The van der Waals surface area contributed by atoms with E-state index in [2.05, 4.69) is 15.6 Å². The van der Waals surface area contributed by atoms with Crippen molar-refractivity contribution in [3.05, 3.63) is 83.0 Å². The highest BCUT2D eigenvalue weighted by atomic mass is 35.5. The van der Waals surface area contributed by atoms with E-state index in [0.717, 1.165) is 22.3 Å². The fraction of sp³-hybridized carbons (Fsp3) is 0.259. The van der Waals surface area contributed by atoms with Crippen LogP contribution in [0.2, 0.25) is 5.02 Å². The number of pyridine rings is 1. The number of nitrogen functional groups attached to an aromatic ring is 1. The molecule has 38 heavy (non-hydrogen) atoms. The van der Waals surface area contributed by atoms with Crippen LogP contribution in [0.5, 0.6) is 5.75 Å². The zero-order valence-corrected chi connectivity index (χ0v) is 22.0. The van der Waals surface area contributed by atoms with E-state index in [9.17, 15) is 13.2 Å². The monoisotopic (exact) mass is 554 g/mol. The van der Waals surface area contributed by atoms with Gasteiger partial charge in [0.2, 0.25) is 15.7 Å². The Kier molecular flexibility index (Phi) is 7.66. The van der Waals surface area contributed by atoms with E-state index in [-0.39, 0.29) is 23.5 Å². The molecule has 2 atom stereocenters. The molecule has 2 aliphatic heterocycles. The number of rotatable bonds is 7. The van der Waals surface area contributed by atoms with Gasteiger partial charge in [-0.15, -0.1) is 0 Å². The normalized spacial score (nSPS) is 19.2. The molecule has 0 radical (unpaired) electrons. The van der Waals surface area contributed by atoms with E-state index >= 15 is 0 Å². The first-order valence-corrected chi connectivity index (χ1v) is 14.0. The Balaban J connectivity index is 1.27. The highest BCUT2D eigenvalue weighted by Gasteiger charge is 2.30. The molecule has 3 heterocycles. The Bertz CT molecular complexity index is 1470. The Morgan fingerprint density at radius 2 is 2.08 bits per heavy atom. The largest absolute Gasteiger partial charge is 0.484 e. The molecule has 0 aliphatic carbocycles. The van der Waals surface area contributed by atoms with Crippen molar-refractivity contribution in [3.63, 3.8) is 0 Å². The number of amides is 1. The molecule has 2 unspecified atom stereocenters. The van der Waals surface area contributed by atoms with Gasteiger partial charge >= 0.3 is 0 Å². The zero-order chi connectivity index (χ0) is 26.7. The second-order valence-electron chi connectivity index (χ2n) is 9.05. The Labute approximate surface area is 225 Å². The lowest BCUT2D eigenvalue weighted by Crippen LogP contribution is -2.43. The van der Waals surface area contributed by atoms with Gasteiger partial charge in [-0.1, -0.05) is 29.8 Å². The minimum Gasteiger partial charge on any atom is -0.484 e. The van der Waals surface area contributed by atoms with Crippen molar-refractivity contribution < 1.29 is 22.7 Å². The number of morpholine rings is 1. The van der Waals surface area contributed by atoms with E-state index in [1.165, 1.54) is 6.08 Å². The fourth-order valence-corrected chi connectivity index (χ4v) is 6.11. The number of sulfone groups is 1. The molecule has 198 valence electrons. The average Bonchev–Trinajstić information content (AvgIpc) is 3.36. The standard InChI is InChI=1S/C27H27ClN4O5S/c28-23-13-19(18-2-1-3-22(12-18)38(34,35)26-16-30-8-9-36-26)10-20-11-21(37-27(20)23)5-7-25(33)32-15-17-4-6-24(29)31-14-17/h1-7,10,12-14,21,26,30H,8-9,11,15-16H2,(H2,29,31)(H,32,33)/b7-5+. The van der Waals surface area contributed by atoms with Gasteiger partial charge in [-0.3, -0.25) is 4.79 Å². The van der Waals surface area contributed by atoms with Crippen molar-refractivity contribution in [1.29, 1.82) is 0 Å². The van der Waals surface area contributed by atoms with E-state index < -0.39 is 15.3 Å². The van der Waals surface area contributed by atoms with Gasteiger partial charge in [0.25, 0.3) is 0 Å². The molecule has 4 N–H and O–H groups in total. The molecule has 1 saturated heterocycles. The lowest BCUT2D eigenvalue weighted by Gasteiger charge is -2.23. The first-order valence-electron chi connectivity index (χ1n) is 12.1. The van der Waals surface area contributed by atoms with E-state index in [0.29, 0.717) is 42.7 Å². The quantitative estimate of drug-likeness (QED) is 0.380. The predicted molar refractivity (Wildman–Crippen MR) is 144 cm³/mol. The van der Waals surface area contributed by atoms with Gasteiger partial charge in [0.15, 0.2) is 5.44 Å². The fourth-order valence-electron chi connectivity index (χ4n) is 4.35. The van der Waals surface area contributed by atoms with Crippen molar-refractivity contribution in [2.24, 2.45) is 0 Å². The molecule has 2 aliphatic rings. The number of carbonyl (C=O) groups is 1. The predicted octanol–water partition coefficient (Wildman–Crippen LogP) is 2.88. The molecular weight excluding hydrogens is 528 g/mol. The van der Waals surface area contributed by atoms with Gasteiger partial charge in [0.1, 0.15) is 17.7 Å². The molecule has 1 fully saturated rings. The van der Waals surface area contributed by atoms with Crippen molar-refractivity contribution >= 4 is 33.2 Å². The lowest BCUT2D eigenvalue weighted by molar-refractivity contribution is -0.116. The number of nitrogens with one attached hydrogen (secondary N) is 2. The van der Waals surface area contributed by atoms with Gasteiger partial charge in [-0.05, 0) is 53.1 Å². The number of anilines is 1. The molecule has 2 aromatic carbocycles. The molecular formula is C27H27ClN4O5S. The molecule has 0 bridgehead atoms. The van der Waals surface area contributed by atoms with Crippen LogP contribution >= 0.6 is 11.6 Å². The van der Waals surface area contributed by atoms with Gasteiger partial charge in [-0.2, -0.15) is 0 Å². The highest BCUT2D eigenvalue weighted by molar-refractivity contribution is 7.92. The third-order valence-corrected chi connectivity index (χ3v) is 8.51. The van der Waals surface area contributed by atoms with E-state index in [1.807, 2.05) is 12.1 Å². The summed E-state index contributed by atoms with van der Waals surface area (Å²) in [5.74, 6) is 0.719.